The standard InChI is InChI=1S/C29H26F3N3O2/c1-28(2,3)10-9-19-11-21-14-22(16-33-25(21)12-19)20-7-5-18(6-8-20)13-26(36)35-23-15-24(29(30,31)32)27(37-4)34-17-23/h5-8,11,14-17H,12-13H2,1-4H3,(H,35,36). The van der Waals surface area contributed by atoms with Crippen molar-refractivity contribution in [2.75, 3.05) is 12.4 Å². The Morgan fingerprint density at radius 2 is 1.78 bits per heavy atom. The molecule has 4 rings (SSSR count). The van der Waals surface area contributed by atoms with E-state index in [4.69, 9.17) is 0 Å². The van der Waals surface area contributed by atoms with Crippen molar-refractivity contribution >= 4 is 17.7 Å². The van der Waals surface area contributed by atoms with Crippen LogP contribution in [0.1, 0.15) is 43.2 Å². The van der Waals surface area contributed by atoms with Crippen LogP contribution in [0.3, 0.4) is 0 Å². The molecule has 0 aliphatic heterocycles. The van der Waals surface area contributed by atoms with Crippen LogP contribution < -0.4 is 10.1 Å². The van der Waals surface area contributed by atoms with Crippen molar-refractivity contribution in [3.63, 3.8) is 0 Å². The highest BCUT2D eigenvalue weighted by Crippen LogP contribution is 2.36. The molecule has 0 radical (unpaired) electrons. The topological polar surface area (TPSA) is 64.1 Å². The van der Waals surface area contributed by atoms with Gasteiger partial charge in [0, 0.05) is 29.2 Å². The van der Waals surface area contributed by atoms with Crippen molar-refractivity contribution in [3.8, 4) is 28.8 Å². The van der Waals surface area contributed by atoms with Gasteiger partial charge in [-0.3, -0.25) is 9.78 Å². The fraction of sp³-hybridized carbons (Fsp3) is 0.276. The molecule has 0 saturated carbocycles. The maximum absolute atomic E-state index is 13.2. The Kier molecular flexibility index (Phi) is 7.08. The molecule has 1 aromatic carbocycles. The van der Waals surface area contributed by atoms with E-state index in [1.165, 1.54) is 0 Å². The van der Waals surface area contributed by atoms with E-state index in [0.717, 1.165) is 53.8 Å². The molecule has 1 N–H and O–H groups in total. The molecular weight excluding hydrogens is 479 g/mol. The summed E-state index contributed by atoms with van der Waals surface area (Å²) in [6, 6.07) is 10.3. The van der Waals surface area contributed by atoms with Crippen molar-refractivity contribution in [1.82, 2.24) is 9.97 Å². The van der Waals surface area contributed by atoms with Crippen LogP contribution in [-0.4, -0.2) is 23.0 Å². The second kappa shape index (κ2) is 10.1. The summed E-state index contributed by atoms with van der Waals surface area (Å²) in [5.74, 6) is 5.51. The fourth-order valence-corrected chi connectivity index (χ4v) is 3.80. The Morgan fingerprint density at radius 3 is 2.43 bits per heavy atom. The lowest BCUT2D eigenvalue weighted by molar-refractivity contribution is -0.139. The highest BCUT2D eigenvalue weighted by atomic mass is 19.4. The van der Waals surface area contributed by atoms with Gasteiger partial charge in [-0.15, -0.1) is 0 Å². The highest BCUT2D eigenvalue weighted by Gasteiger charge is 2.35. The number of rotatable bonds is 5. The molecule has 2 heterocycles. The van der Waals surface area contributed by atoms with Crippen LogP contribution in [0.25, 0.3) is 17.2 Å². The summed E-state index contributed by atoms with van der Waals surface area (Å²) in [6.45, 7) is 6.23. The molecule has 37 heavy (non-hydrogen) atoms. The Morgan fingerprint density at radius 1 is 1.05 bits per heavy atom. The minimum absolute atomic E-state index is 0.00532. The Balaban J connectivity index is 1.43. The van der Waals surface area contributed by atoms with E-state index in [0.29, 0.717) is 5.56 Å². The third kappa shape index (κ3) is 6.56. The number of nitrogens with zero attached hydrogens (tertiary/aromatic N) is 2. The lowest BCUT2D eigenvalue weighted by atomic mass is 9.97. The number of allylic oxidation sites excluding steroid dienone is 1. The lowest BCUT2D eigenvalue weighted by Gasteiger charge is -2.13. The number of ether oxygens (including phenoxy) is 1. The van der Waals surface area contributed by atoms with E-state index < -0.39 is 23.5 Å². The number of hydrogen-bond acceptors (Lipinski definition) is 4. The van der Waals surface area contributed by atoms with E-state index in [-0.39, 0.29) is 17.5 Å². The van der Waals surface area contributed by atoms with Crippen LogP contribution in [0.2, 0.25) is 0 Å². The van der Waals surface area contributed by atoms with Crippen LogP contribution in [0.4, 0.5) is 18.9 Å². The second-order valence-electron chi connectivity index (χ2n) is 9.81. The lowest BCUT2D eigenvalue weighted by Crippen LogP contribution is -2.16. The van der Waals surface area contributed by atoms with E-state index in [2.05, 4.69) is 64.8 Å². The van der Waals surface area contributed by atoms with Gasteiger partial charge in [0.25, 0.3) is 0 Å². The smallest absolute Gasteiger partial charge is 0.421 e. The van der Waals surface area contributed by atoms with E-state index in [1.54, 1.807) is 0 Å². The molecule has 2 aromatic heterocycles. The number of benzene rings is 1. The first-order chi connectivity index (χ1) is 17.4. The average Bonchev–Trinajstić information content (AvgIpc) is 3.24. The van der Waals surface area contributed by atoms with Crippen molar-refractivity contribution in [2.24, 2.45) is 5.41 Å². The van der Waals surface area contributed by atoms with Crippen LogP contribution in [0, 0.1) is 17.3 Å². The Bertz CT molecular complexity index is 1420. The van der Waals surface area contributed by atoms with Gasteiger partial charge in [-0.1, -0.05) is 36.1 Å². The maximum atomic E-state index is 13.2. The predicted octanol–water partition coefficient (Wildman–Crippen LogP) is 6.34. The van der Waals surface area contributed by atoms with Crippen molar-refractivity contribution < 1.29 is 22.7 Å². The summed E-state index contributed by atoms with van der Waals surface area (Å²) in [5.41, 5.74) is 4.52. The molecule has 1 aliphatic carbocycles. The fourth-order valence-electron chi connectivity index (χ4n) is 3.80. The van der Waals surface area contributed by atoms with Crippen LogP contribution in [0.15, 0.2) is 54.4 Å². The minimum Gasteiger partial charge on any atom is -0.481 e. The van der Waals surface area contributed by atoms with Crippen LogP contribution in [0.5, 0.6) is 5.88 Å². The predicted molar refractivity (Wildman–Crippen MR) is 137 cm³/mol. The second-order valence-corrected chi connectivity index (χ2v) is 9.81. The monoisotopic (exact) mass is 505 g/mol. The van der Waals surface area contributed by atoms with Gasteiger partial charge < -0.3 is 10.1 Å². The number of amides is 1. The molecule has 1 aliphatic rings. The zero-order chi connectivity index (χ0) is 26.8. The number of anilines is 1. The van der Waals surface area contributed by atoms with E-state index in [1.807, 2.05) is 30.5 Å². The summed E-state index contributed by atoms with van der Waals surface area (Å²) < 4.78 is 44.3. The number of fused-ring (bicyclic) bond motifs is 1. The zero-order valence-electron chi connectivity index (χ0n) is 21.0. The molecule has 1 amide bonds. The number of halogens is 3. The van der Waals surface area contributed by atoms with E-state index >= 15 is 0 Å². The molecule has 0 unspecified atom stereocenters. The molecule has 0 bridgehead atoms. The number of nitrogens with one attached hydrogen (secondary N) is 1. The molecule has 5 nitrogen and oxygen atoms in total. The molecular formula is C29H26F3N3O2. The summed E-state index contributed by atoms with van der Waals surface area (Å²) in [5, 5.41) is 2.47. The van der Waals surface area contributed by atoms with Gasteiger partial charge >= 0.3 is 6.18 Å². The molecule has 8 heteroatoms. The zero-order valence-corrected chi connectivity index (χ0v) is 21.0. The number of aromatic nitrogens is 2. The quantitative estimate of drug-likeness (QED) is 0.411. The molecule has 0 atom stereocenters. The van der Waals surface area contributed by atoms with Crippen LogP contribution in [-0.2, 0) is 23.8 Å². The van der Waals surface area contributed by atoms with Gasteiger partial charge in [-0.25, -0.2) is 4.98 Å². The third-order valence-corrected chi connectivity index (χ3v) is 5.57. The minimum atomic E-state index is -4.65. The maximum Gasteiger partial charge on any atom is 0.421 e. The van der Waals surface area contributed by atoms with Gasteiger partial charge in [0.05, 0.1) is 31.1 Å². The molecule has 3 aromatic rings. The molecule has 0 fully saturated rings. The first-order valence-electron chi connectivity index (χ1n) is 11.6. The van der Waals surface area contributed by atoms with Crippen molar-refractivity contribution in [1.29, 1.82) is 0 Å². The number of pyridine rings is 2. The third-order valence-electron chi connectivity index (χ3n) is 5.57. The van der Waals surface area contributed by atoms with Crippen LogP contribution >= 0.6 is 0 Å². The number of alkyl halides is 3. The van der Waals surface area contributed by atoms with Gasteiger partial charge in [0.2, 0.25) is 11.8 Å². The van der Waals surface area contributed by atoms with Gasteiger partial charge in [-0.05, 0) is 55.7 Å². The summed E-state index contributed by atoms with van der Waals surface area (Å²) in [6.07, 6.45) is 1.09. The summed E-state index contributed by atoms with van der Waals surface area (Å²) in [7, 11) is 1.11. The number of methoxy groups -OCH3 is 1. The molecule has 190 valence electrons. The number of carbonyl (C=O) groups is 1. The van der Waals surface area contributed by atoms with Crippen molar-refractivity contribution in [2.45, 2.75) is 39.8 Å². The highest BCUT2D eigenvalue weighted by molar-refractivity contribution is 5.92. The largest absolute Gasteiger partial charge is 0.481 e. The van der Waals surface area contributed by atoms with Gasteiger partial charge in [-0.2, -0.15) is 13.2 Å². The van der Waals surface area contributed by atoms with Gasteiger partial charge in [0.15, 0.2) is 0 Å². The average molecular weight is 506 g/mol. The summed E-state index contributed by atoms with van der Waals surface area (Å²) in [4.78, 5) is 20.7. The van der Waals surface area contributed by atoms with E-state index in [9.17, 15) is 18.0 Å². The number of carbonyl (C=O) groups excluding carboxylic acids is 1. The van der Waals surface area contributed by atoms with Crippen molar-refractivity contribution in [3.05, 3.63) is 76.7 Å². The normalized spacial score (nSPS) is 12.8. The first kappa shape index (κ1) is 26.0. The Hall–Kier alpha value is -4.12. The molecule has 0 spiro atoms. The number of hydrogen-bond donors (Lipinski definition) is 1. The Labute approximate surface area is 213 Å². The molecule has 0 saturated heterocycles. The first-order valence-corrected chi connectivity index (χ1v) is 11.6. The SMILES string of the molecule is COc1ncc(NC(=O)Cc2ccc(-c3cnc4c(c3)C=C(C#CC(C)(C)C)C4)cc2)cc1C(F)(F)F. The summed E-state index contributed by atoms with van der Waals surface area (Å²) >= 11 is 0. The van der Waals surface area contributed by atoms with Gasteiger partial charge in [0.1, 0.15) is 5.56 Å².